The molecule has 0 spiro atoms. The predicted octanol–water partition coefficient (Wildman–Crippen LogP) is 14.1. The van der Waals surface area contributed by atoms with E-state index >= 15 is 0 Å². The molecule has 3 heterocycles. The standard InChI is InChI=1S/C55H36N4/c1-55(2)45-25-13-10-20-37(45)38-29-28-34(32-46(38)55)58-47-26-14-11-21-39(47)43-30-31-44-40-22-12-15-27-48(40)59(53(44)52(43)58)54-49(33-16-4-3-5-17-33)56-50-41-23-8-6-18-35(41)36-19-7-9-24-42(36)51(50)57-54/h3-32H,1-2H3. The van der Waals surface area contributed by atoms with Crippen molar-refractivity contribution in [3.8, 4) is 33.9 Å². The van der Waals surface area contributed by atoms with Crippen LogP contribution >= 0.6 is 0 Å². The molecule has 0 N–H and O–H groups in total. The summed E-state index contributed by atoms with van der Waals surface area (Å²) in [6.07, 6.45) is 0. The second kappa shape index (κ2) is 11.7. The van der Waals surface area contributed by atoms with Gasteiger partial charge in [0.1, 0.15) is 5.69 Å². The lowest BCUT2D eigenvalue weighted by atomic mass is 9.82. The van der Waals surface area contributed by atoms with E-state index in [1.54, 1.807) is 0 Å². The number of fused-ring (bicyclic) bond motifs is 16. The Bertz CT molecular complexity index is 3750. The van der Waals surface area contributed by atoms with Crippen molar-refractivity contribution in [3.05, 3.63) is 193 Å². The normalized spacial score (nSPS) is 13.4. The zero-order valence-corrected chi connectivity index (χ0v) is 32.6. The lowest BCUT2D eigenvalue weighted by Crippen LogP contribution is -2.15. The molecule has 0 atom stereocenters. The fraction of sp³-hybridized carbons (Fsp3) is 0.0545. The molecule has 0 saturated carbocycles. The molecule has 276 valence electrons. The first kappa shape index (κ1) is 32.5. The Kier molecular flexibility index (Phi) is 6.48. The van der Waals surface area contributed by atoms with Gasteiger partial charge in [-0.2, -0.15) is 0 Å². The van der Waals surface area contributed by atoms with Crippen LogP contribution in [-0.2, 0) is 5.41 Å². The Morgan fingerprint density at radius 3 is 1.58 bits per heavy atom. The van der Waals surface area contributed by atoms with Crippen molar-refractivity contribution >= 4 is 76.2 Å². The summed E-state index contributed by atoms with van der Waals surface area (Å²) in [6, 6.07) is 66.1. The van der Waals surface area contributed by atoms with Gasteiger partial charge in [0, 0.05) is 49.0 Å². The fourth-order valence-electron chi connectivity index (χ4n) is 10.4. The quantitative estimate of drug-likeness (QED) is 0.169. The summed E-state index contributed by atoms with van der Waals surface area (Å²) in [4.78, 5) is 11.5. The van der Waals surface area contributed by atoms with E-state index < -0.39 is 0 Å². The maximum Gasteiger partial charge on any atom is 0.165 e. The molecule has 59 heavy (non-hydrogen) atoms. The molecule has 12 aromatic rings. The second-order valence-electron chi connectivity index (χ2n) is 16.5. The first-order valence-corrected chi connectivity index (χ1v) is 20.4. The van der Waals surface area contributed by atoms with Crippen LogP contribution in [0.15, 0.2) is 182 Å². The average molecular weight is 753 g/mol. The summed E-state index contributed by atoms with van der Waals surface area (Å²) in [5.74, 6) is 0.810. The maximum absolute atomic E-state index is 5.82. The molecular formula is C55H36N4. The van der Waals surface area contributed by atoms with Crippen molar-refractivity contribution in [2.24, 2.45) is 0 Å². The van der Waals surface area contributed by atoms with E-state index in [1.807, 2.05) is 0 Å². The summed E-state index contributed by atoms with van der Waals surface area (Å²) in [6.45, 7) is 4.72. The molecule has 4 nitrogen and oxygen atoms in total. The molecule has 0 radical (unpaired) electrons. The third-order valence-electron chi connectivity index (χ3n) is 13.1. The highest BCUT2D eigenvalue weighted by Gasteiger charge is 2.36. The van der Waals surface area contributed by atoms with Gasteiger partial charge in [-0.3, -0.25) is 4.57 Å². The summed E-state index contributed by atoms with van der Waals surface area (Å²) in [5.41, 5.74) is 14.6. The molecular weight excluding hydrogens is 717 g/mol. The van der Waals surface area contributed by atoms with E-state index in [1.165, 1.54) is 60.1 Å². The lowest BCUT2D eigenvalue weighted by molar-refractivity contribution is 0.660. The molecule has 0 saturated heterocycles. The largest absolute Gasteiger partial charge is 0.307 e. The lowest BCUT2D eigenvalue weighted by Gasteiger charge is -2.22. The van der Waals surface area contributed by atoms with Crippen molar-refractivity contribution < 1.29 is 0 Å². The number of benzene rings is 9. The molecule has 4 heteroatoms. The number of hydrogen-bond donors (Lipinski definition) is 0. The van der Waals surface area contributed by atoms with Crippen molar-refractivity contribution in [3.63, 3.8) is 0 Å². The first-order chi connectivity index (χ1) is 29.1. The van der Waals surface area contributed by atoms with Gasteiger partial charge in [0.2, 0.25) is 0 Å². The van der Waals surface area contributed by atoms with Crippen molar-refractivity contribution in [2.75, 3.05) is 0 Å². The molecule has 0 amide bonds. The van der Waals surface area contributed by atoms with Crippen LogP contribution in [0, 0.1) is 0 Å². The van der Waals surface area contributed by atoms with Gasteiger partial charge < -0.3 is 4.57 Å². The molecule has 0 unspecified atom stereocenters. The van der Waals surface area contributed by atoms with Crippen LogP contribution in [0.2, 0.25) is 0 Å². The monoisotopic (exact) mass is 752 g/mol. The van der Waals surface area contributed by atoms with Crippen molar-refractivity contribution in [1.82, 2.24) is 19.1 Å². The zero-order chi connectivity index (χ0) is 39.0. The zero-order valence-electron chi connectivity index (χ0n) is 32.6. The van der Waals surface area contributed by atoms with Crippen molar-refractivity contribution in [2.45, 2.75) is 19.3 Å². The maximum atomic E-state index is 5.82. The molecule has 0 bridgehead atoms. The van der Waals surface area contributed by atoms with Crippen LogP contribution in [0.25, 0.3) is 110 Å². The minimum atomic E-state index is -0.136. The Morgan fingerprint density at radius 2 is 0.898 bits per heavy atom. The van der Waals surface area contributed by atoms with E-state index in [-0.39, 0.29) is 5.41 Å². The Morgan fingerprint density at radius 1 is 0.390 bits per heavy atom. The van der Waals surface area contributed by atoms with E-state index in [9.17, 15) is 0 Å². The second-order valence-corrected chi connectivity index (χ2v) is 16.5. The van der Waals surface area contributed by atoms with E-state index in [2.05, 4.69) is 205 Å². The van der Waals surface area contributed by atoms with Gasteiger partial charge in [-0.05, 0) is 57.3 Å². The van der Waals surface area contributed by atoms with Gasteiger partial charge in [-0.1, -0.05) is 172 Å². The van der Waals surface area contributed by atoms with Crippen LogP contribution < -0.4 is 0 Å². The molecule has 1 aliphatic rings. The summed E-state index contributed by atoms with van der Waals surface area (Å²) in [5, 5.41) is 9.32. The van der Waals surface area contributed by atoms with Gasteiger partial charge in [0.25, 0.3) is 0 Å². The van der Waals surface area contributed by atoms with Gasteiger partial charge in [0.05, 0.1) is 33.1 Å². The van der Waals surface area contributed by atoms with E-state index in [0.29, 0.717) is 0 Å². The average Bonchev–Trinajstić information content (AvgIpc) is 3.89. The van der Waals surface area contributed by atoms with Crippen LogP contribution in [0.4, 0.5) is 0 Å². The Balaban J connectivity index is 1.22. The molecule has 13 rings (SSSR count). The molecule has 1 aliphatic carbocycles. The van der Waals surface area contributed by atoms with E-state index in [4.69, 9.17) is 9.97 Å². The summed E-state index contributed by atoms with van der Waals surface area (Å²) < 4.78 is 4.91. The van der Waals surface area contributed by atoms with Gasteiger partial charge in [-0.25, -0.2) is 9.97 Å². The van der Waals surface area contributed by atoms with Crippen LogP contribution in [0.3, 0.4) is 0 Å². The minimum Gasteiger partial charge on any atom is -0.307 e. The van der Waals surface area contributed by atoms with Gasteiger partial charge in [-0.15, -0.1) is 0 Å². The first-order valence-electron chi connectivity index (χ1n) is 20.4. The van der Waals surface area contributed by atoms with Crippen LogP contribution in [0.5, 0.6) is 0 Å². The summed E-state index contributed by atoms with van der Waals surface area (Å²) >= 11 is 0. The fourth-order valence-corrected chi connectivity index (χ4v) is 10.4. The molecule has 3 aromatic heterocycles. The molecule has 0 fully saturated rings. The molecule has 0 aliphatic heterocycles. The van der Waals surface area contributed by atoms with Crippen LogP contribution in [0.1, 0.15) is 25.0 Å². The highest BCUT2D eigenvalue weighted by Crippen LogP contribution is 2.50. The summed E-state index contributed by atoms with van der Waals surface area (Å²) in [7, 11) is 0. The van der Waals surface area contributed by atoms with Crippen LogP contribution in [-0.4, -0.2) is 19.1 Å². The topological polar surface area (TPSA) is 35.6 Å². The highest BCUT2D eigenvalue weighted by atomic mass is 15.1. The Hall–Kier alpha value is -7.56. The van der Waals surface area contributed by atoms with Gasteiger partial charge in [0.15, 0.2) is 5.82 Å². The SMILES string of the molecule is CC1(C)c2ccccc2-c2ccc(-n3c4ccccc4c4ccc5c6ccccc6n(-c6nc7c8ccccc8c8ccccc8c7nc6-c6ccccc6)c5c43)cc21. The highest BCUT2D eigenvalue weighted by molar-refractivity contribution is 6.25. The number of nitrogens with zero attached hydrogens (tertiary/aromatic N) is 4. The predicted molar refractivity (Wildman–Crippen MR) is 246 cm³/mol. The van der Waals surface area contributed by atoms with Gasteiger partial charge >= 0.3 is 0 Å². The number of para-hydroxylation sites is 2. The smallest absolute Gasteiger partial charge is 0.165 e. The molecule has 9 aromatic carbocycles. The minimum absolute atomic E-state index is 0.136. The number of hydrogen-bond acceptors (Lipinski definition) is 2. The Labute approximate surface area is 340 Å². The third kappa shape index (κ3) is 4.32. The van der Waals surface area contributed by atoms with Crippen molar-refractivity contribution in [1.29, 1.82) is 0 Å². The van der Waals surface area contributed by atoms with E-state index in [0.717, 1.165) is 61.1 Å². The number of rotatable bonds is 3. The third-order valence-corrected chi connectivity index (χ3v) is 13.1. The number of aromatic nitrogens is 4.